The average Bonchev–Trinajstić information content (AvgIpc) is 2.59. The third-order valence-electron chi connectivity index (χ3n) is 4.11. The molecule has 25 heavy (non-hydrogen) atoms. The van der Waals surface area contributed by atoms with Gasteiger partial charge in [-0.1, -0.05) is 6.07 Å². The largest absolute Gasteiger partial charge is 0.497 e. The number of pyridine rings is 1. The molecule has 0 bridgehead atoms. The average molecular weight is 348 g/mol. The van der Waals surface area contributed by atoms with Crippen LogP contribution in [0.2, 0.25) is 0 Å². The van der Waals surface area contributed by atoms with Crippen LogP contribution in [0.15, 0.2) is 36.4 Å². The summed E-state index contributed by atoms with van der Waals surface area (Å²) in [6.45, 7) is 0. The van der Waals surface area contributed by atoms with Crippen LogP contribution in [0, 0.1) is 5.92 Å². The molecule has 1 aliphatic carbocycles. The molecule has 7 heteroatoms. The van der Waals surface area contributed by atoms with E-state index in [-0.39, 0.29) is 0 Å². The number of hydrogen-bond acceptors (Lipinski definition) is 4. The Morgan fingerprint density at radius 2 is 1.80 bits per heavy atom. The summed E-state index contributed by atoms with van der Waals surface area (Å²) in [4.78, 5) is 16.4. The third kappa shape index (κ3) is 3.87. The lowest BCUT2D eigenvalue weighted by atomic mass is 9.81. The predicted molar refractivity (Wildman–Crippen MR) is 89.1 cm³/mol. The quantitative estimate of drug-likeness (QED) is 0.894. The Kier molecular flexibility index (Phi) is 4.57. The topological polar surface area (TPSA) is 60.5 Å². The van der Waals surface area contributed by atoms with Gasteiger partial charge >= 0.3 is 0 Å². The molecule has 1 fully saturated rings. The highest BCUT2D eigenvalue weighted by Gasteiger charge is 2.48. The number of carbonyl (C=O) groups excluding carboxylic acids is 1. The summed E-state index contributed by atoms with van der Waals surface area (Å²) in [7, 11) is 3.11. The van der Waals surface area contributed by atoms with Gasteiger partial charge in [-0.3, -0.25) is 4.79 Å². The first kappa shape index (κ1) is 17.1. The number of anilines is 1. The van der Waals surface area contributed by atoms with E-state index >= 15 is 0 Å². The molecule has 1 amide bonds. The molecule has 0 atom stereocenters. The van der Waals surface area contributed by atoms with E-state index in [9.17, 15) is 13.6 Å². The Hall–Kier alpha value is -2.70. The van der Waals surface area contributed by atoms with Crippen molar-refractivity contribution in [2.24, 2.45) is 5.92 Å². The predicted octanol–water partition coefficient (Wildman–Crippen LogP) is 3.75. The second kappa shape index (κ2) is 6.66. The maximum absolute atomic E-state index is 12.9. The molecule has 132 valence electrons. The van der Waals surface area contributed by atoms with Gasteiger partial charge in [0.15, 0.2) is 0 Å². The zero-order valence-corrected chi connectivity index (χ0v) is 13.9. The second-order valence-corrected chi connectivity index (χ2v) is 5.96. The fourth-order valence-corrected chi connectivity index (χ4v) is 2.70. The smallest absolute Gasteiger partial charge is 0.249 e. The van der Waals surface area contributed by atoms with Crippen molar-refractivity contribution >= 4 is 11.7 Å². The van der Waals surface area contributed by atoms with Gasteiger partial charge in [0.25, 0.3) is 0 Å². The molecule has 1 heterocycles. The lowest BCUT2D eigenvalue weighted by molar-refractivity contribution is -0.145. The second-order valence-electron chi connectivity index (χ2n) is 5.96. The number of rotatable bonds is 5. The fraction of sp³-hybridized carbons (Fsp3) is 0.333. The molecule has 1 aromatic heterocycles. The first-order valence-corrected chi connectivity index (χ1v) is 7.79. The van der Waals surface area contributed by atoms with Crippen LogP contribution in [0.1, 0.15) is 12.8 Å². The molecule has 0 unspecified atom stereocenters. The Balaban J connectivity index is 1.79. The van der Waals surface area contributed by atoms with Crippen molar-refractivity contribution < 1.29 is 23.0 Å². The lowest BCUT2D eigenvalue weighted by Crippen LogP contribution is -2.42. The van der Waals surface area contributed by atoms with Crippen LogP contribution in [0.3, 0.4) is 0 Å². The highest BCUT2D eigenvalue weighted by atomic mass is 19.3. The molecule has 0 saturated heterocycles. The van der Waals surface area contributed by atoms with Gasteiger partial charge < -0.3 is 14.8 Å². The highest BCUT2D eigenvalue weighted by Crippen LogP contribution is 2.42. The minimum absolute atomic E-state index is 0.319. The minimum atomic E-state index is -2.73. The summed E-state index contributed by atoms with van der Waals surface area (Å²) in [6, 6.07) is 10.5. The van der Waals surface area contributed by atoms with Gasteiger partial charge in [-0.2, -0.15) is 0 Å². The Morgan fingerprint density at radius 3 is 2.36 bits per heavy atom. The van der Waals surface area contributed by atoms with Gasteiger partial charge in [0.05, 0.1) is 19.9 Å². The van der Waals surface area contributed by atoms with Gasteiger partial charge in [0.1, 0.15) is 17.3 Å². The first-order valence-electron chi connectivity index (χ1n) is 7.79. The van der Waals surface area contributed by atoms with Crippen LogP contribution in [-0.2, 0) is 4.79 Å². The first-order chi connectivity index (χ1) is 11.9. The van der Waals surface area contributed by atoms with E-state index in [4.69, 9.17) is 9.47 Å². The number of alkyl halides is 2. The van der Waals surface area contributed by atoms with Gasteiger partial charge in [-0.15, -0.1) is 0 Å². The van der Waals surface area contributed by atoms with Crippen molar-refractivity contribution in [3.05, 3.63) is 36.4 Å². The van der Waals surface area contributed by atoms with Crippen LogP contribution in [0.25, 0.3) is 11.3 Å². The molecule has 0 radical (unpaired) electrons. The standard InChI is InChI=1S/C18H18F2N2O3/c1-24-13-6-11(7-14(8-13)25-2)15-4-3-5-16(21-15)22-17(23)12-9-18(19,20)10-12/h3-8,12H,9-10H2,1-2H3,(H,21,22,23). The van der Waals surface area contributed by atoms with Crippen molar-refractivity contribution in [2.45, 2.75) is 18.8 Å². The Morgan fingerprint density at radius 1 is 1.16 bits per heavy atom. The van der Waals surface area contributed by atoms with E-state index in [1.165, 1.54) is 0 Å². The number of nitrogens with one attached hydrogen (secondary N) is 1. The normalized spacial score (nSPS) is 16.0. The van der Waals surface area contributed by atoms with Crippen LogP contribution in [-0.4, -0.2) is 31.0 Å². The van der Waals surface area contributed by atoms with Gasteiger partial charge in [-0.25, -0.2) is 13.8 Å². The molecule has 2 aromatic rings. The monoisotopic (exact) mass is 348 g/mol. The molecule has 1 aliphatic rings. The minimum Gasteiger partial charge on any atom is -0.497 e. The highest BCUT2D eigenvalue weighted by molar-refractivity contribution is 5.92. The van der Waals surface area contributed by atoms with Gasteiger partial charge in [0.2, 0.25) is 11.8 Å². The molecule has 0 spiro atoms. The summed E-state index contributed by atoms with van der Waals surface area (Å²) >= 11 is 0. The van der Waals surface area contributed by atoms with Crippen molar-refractivity contribution in [3.63, 3.8) is 0 Å². The van der Waals surface area contributed by atoms with E-state index < -0.39 is 30.6 Å². The number of amides is 1. The van der Waals surface area contributed by atoms with Crippen molar-refractivity contribution in [2.75, 3.05) is 19.5 Å². The SMILES string of the molecule is COc1cc(OC)cc(-c2cccc(NC(=O)C3CC(F)(F)C3)n2)c1. The number of carbonyl (C=O) groups is 1. The maximum Gasteiger partial charge on any atom is 0.249 e. The number of methoxy groups -OCH3 is 2. The van der Waals surface area contributed by atoms with Crippen LogP contribution < -0.4 is 14.8 Å². The van der Waals surface area contributed by atoms with Crippen LogP contribution in [0.4, 0.5) is 14.6 Å². The van der Waals surface area contributed by atoms with E-state index in [2.05, 4.69) is 10.3 Å². The summed E-state index contributed by atoms with van der Waals surface area (Å²) in [6.07, 6.45) is -0.822. The van der Waals surface area contributed by atoms with E-state index in [0.29, 0.717) is 23.0 Å². The molecule has 1 saturated carbocycles. The van der Waals surface area contributed by atoms with Gasteiger partial charge in [0, 0.05) is 30.4 Å². The van der Waals surface area contributed by atoms with Crippen molar-refractivity contribution in [1.29, 1.82) is 0 Å². The van der Waals surface area contributed by atoms with Crippen LogP contribution >= 0.6 is 0 Å². The van der Waals surface area contributed by atoms with Crippen molar-refractivity contribution in [1.82, 2.24) is 4.98 Å². The molecule has 1 aromatic carbocycles. The Labute approximate surface area is 144 Å². The molecule has 0 aliphatic heterocycles. The number of aromatic nitrogens is 1. The van der Waals surface area contributed by atoms with Gasteiger partial charge in [-0.05, 0) is 24.3 Å². The maximum atomic E-state index is 12.9. The summed E-state index contributed by atoms with van der Waals surface area (Å²) in [5.74, 6) is -2.28. The third-order valence-corrected chi connectivity index (χ3v) is 4.11. The fourth-order valence-electron chi connectivity index (χ4n) is 2.70. The zero-order chi connectivity index (χ0) is 18.0. The Bertz CT molecular complexity index is 765. The van der Waals surface area contributed by atoms with E-state index in [1.54, 1.807) is 50.6 Å². The van der Waals surface area contributed by atoms with E-state index in [1.807, 2.05) is 0 Å². The molecule has 1 N–H and O–H groups in total. The zero-order valence-electron chi connectivity index (χ0n) is 13.9. The summed E-state index contributed by atoms with van der Waals surface area (Å²) in [5, 5.41) is 2.60. The number of ether oxygens (including phenoxy) is 2. The number of halogens is 2. The molecular formula is C18H18F2N2O3. The van der Waals surface area contributed by atoms with Crippen molar-refractivity contribution in [3.8, 4) is 22.8 Å². The number of hydrogen-bond donors (Lipinski definition) is 1. The van der Waals surface area contributed by atoms with Crippen LogP contribution in [0.5, 0.6) is 11.5 Å². The molecule has 5 nitrogen and oxygen atoms in total. The summed E-state index contributed by atoms with van der Waals surface area (Å²) in [5.41, 5.74) is 1.36. The molecule has 3 rings (SSSR count). The van der Waals surface area contributed by atoms with E-state index in [0.717, 1.165) is 5.56 Å². The number of nitrogens with zero attached hydrogens (tertiary/aromatic N) is 1. The lowest BCUT2D eigenvalue weighted by Gasteiger charge is -2.33. The number of benzene rings is 1. The molecular weight excluding hydrogens is 330 g/mol. The summed E-state index contributed by atoms with van der Waals surface area (Å²) < 4.78 is 36.3.